The SMILES string of the molecule is Cc1cccc(C(C)C)c1NC(=O)c1cc(Cl)c2c(c1)OCCO2. The Labute approximate surface area is 146 Å². The van der Waals surface area contributed by atoms with Crippen molar-refractivity contribution >= 4 is 23.2 Å². The molecule has 3 rings (SSSR count). The molecule has 1 heterocycles. The third-order valence-electron chi connectivity index (χ3n) is 4.02. The van der Waals surface area contributed by atoms with Crippen LogP contribution in [0.3, 0.4) is 0 Å². The molecule has 0 atom stereocenters. The van der Waals surface area contributed by atoms with E-state index in [1.54, 1.807) is 12.1 Å². The van der Waals surface area contributed by atoms with Gasteiger partial charge in [0.25, 0.3) is 5.91 Å². The first kappa shape index (κ1) is 16.7. The van der Waals surface area contributed by atoms with Crippen LogP contribution in [0.2, 0.25) is 5.02 Å². The molecule has 24 heavy (non-hydrogen) atoms. The van der Waals surface area contributed by atoms with Crippen molar-refractivity contribution in [1.82, 2.24) is 0 Å². The number of amides is 1. The molecule has 0 bridgehead atoms. The van der Waals surface area contributed by atoms with Gasteiger partial charge in [-0.3, -0.25) is 4.79 Å². The van der Waals surface area contributed by atoms with E-state index in [1.165, 1.54) is 0 Å². The Morgan fingerprint density at radius 3 is 2.71 bits per heavy atom. The molecule has 0 unspecified atom stereocenters. The molecule has 1 aliphatic heterocycles. The second-order valence-electron chi connectivity index (χ2n) is 6.13. The fourth-order valence-electron chi connectivity index (χ4n) is 2.77. The number of aryl methyl sites for hydroxylation is 1. The number of carbonyl (C=O) groups is 1. The van der Waals surface area contributed by atoms with Gasteiger partial charge in [0, 0.05) is 11.3 Å². The van der Waals surface area contributed by atoms with Gasteiger partial charge in [0.15, 0.2) is 11.5 Å². The van der Waals surface area contributed by atoms with E-state index in [9.17, 15) is 4.79 Å². The third-order valence-corrected chi connectivity index (χ3v) is 4.31. The van der Waals surface area contributed by atoms with Gasteiger partial charge in [0.2, 0.25) is 0 Å². The number of para-hydroxylation sites is 1. The maximum absolute atomic E-state index is 12.7. The first-order valence-electron chi connectivity index (χ1n) is 7.97. The fourth-order valence-corrected chi connectivity index (χ4v) is 3.04. The van der Waals surface area contributed by atoms with Crippen LogP contribution in [0.5, 0.6) is 11.5 Å². The number of hydrogen-bond acceptors (Lipinski definition) is 3. The van der Waals surface area contributed by atoms with Gasteiger partial charge < -0.3 is 14.8 Å². The largest absolute Gasteiger partial charge is 0.486 e. The lowest BCUT2D eigenvalue weighted by molar-refractivity contribution is 0.102. The van der Waals surface area contributed by atoms with Crippen molar-refractivity contribution in [2.24, 2.45) is 0 Å². The number of ether oxygens (including phenoxy) is 2. The zero-order valence-corrected chi connectivity index (χ0v) is 14.7. The molecule has 0 fully saturated rings. The van der Waals surface area contributed by atoms with Gasteiger partial charge in [-0.1, -0.05) is 43.6 Å². The molecule has 0 saturated carbocycles. The van der Waals surface area contributed by atoms with Gasteiger partial charge >= 0.3 is 0 Å². The number of halogens is 1. The Balaban J connectivity index is 1.93. The second kappa shape index (κ2) is 6.73. The standard InChI is InChI=1S/C19H20ClNO3/c1-11(2)14-6-4-5-12(3)17(14)21-19(22)13-9-15(20)18-16(10-13)23-7-8-24-18/h4-6,9-11H,7-8H2,1-3H3,(H,21,22). The van der Waals surface area contributed by atoms with Crippen molar-refractivity contribution < 1.29 is 14.3 Å². The molecular formula is C19H20ClNO3. The van der Waals surface area contributed by atoms with E-state index in [-0.39, 0.29) is 5.91 Å². The molecule has 1 N–H and O–H groups in total. The quantitative estimate of drug-likeness (QED) is 0.869. The first-order chi connectivity index (χ1) is 11.5. The normalized spacial score (nSPS) is 13.0. The highest BCUT2D eigenvalue weighted by Crippen LogP contribution is 2.38. The molecular weight excluding hydrogens is 326 g/mol. The highest BCUT2D eigenvalue weighted by molar-refractivity contribution is 6.32. The molecule has 5 heteroatoms. The summed E-state index contributed by atoms with van der Waals surface area (Å²) in [4.78, 5) is 12.7. The number of carbonyl (C=O) groups excluding carboxylic acids is 1. The second-order valence-corrected chi connectivity index (χ2v) is 6.54. The molecule has 0 spiro atoms. The topological polar surface area (TPSA) is 47.6 Å². The van der Waals surface area contributed by atoms with Crippen LogP contribution in [-0.2, 0) is 0 Å². The molecule has 2 aromatic carbocycles. The zero-order valence-electron chi connectivity index (χ0n) is 14.0. The van der Waals surface area contributed by atoms with E-state index < -0.39 is 0 Å². The lowest BCUT2D eigenvalue weighted by Gasteiger charge is -2.21. The maximum Gasteiger partial charge on any atom is 0.255 e. The van der Waals surface area contributed by atoms with Gasteiger partial charge in [-0.25, -0.2) is 0 Å². The van der Waals surface area contributed by atoms with Gasteiger partial charge in [-0.05, 0) is 36.1 Å². The first-order valence-corrected chi connectivity index (χ1v) is 8.35. The lowest BCUT2D eigenvalue weighted by Crippen LogP contribution is -2.18. The number of anilines is 1. The maximum atomic E-state index is 12.7. The summed E-state index contributed by atoms with van der Waals surface area (Å²) in [5, 5.41) is 3.40. The number of hydrogen-bond donors (Lipinski definition) is 1. The third kappa shape index (κ3) is 3.20. The Bertz CT molecular complexity index is 786. The van der Waals surface area contributed by atoms with Crippen molar-refractivity contribution in [1.29, 1.82) is 0 Å². The van der Waals surface area contributed by atoms with Gasteiger partial charge in [-0.15, -0.1) is 0 Å². The Kier molecular flexibility index (Phi) is 4.67. The Morgan fingerprint density at radius 1 is 1.21 bits per heavy atom. The summed E-state index contributed by atoms with van der Waals surface area (Å²) < 4.78 is 11.0. The molecule has 0 aromatic heterocycles. The summed E-state index contributed by atoms with van der Waals surface area (Å²) in [6, 6.07) is 9.30. The summed E-state index contributed by atoms with van der Waals surface area (Å²) in [5.74, 6) is 1.10. The van der Waals surface area contributed by atoms with Crippen LogP contribution in [-0.4, -0.2) is 19.1 Å². The zero-order chi connectivity index (χ0) is 17.3. The Hall–Kier alpha value is -2.20. The van der Waals surface area contributed by atoms with E-state index in [1.807, 2.05) is 25.1 Å². The number of rotatable bonds is 3. The van der Waals surface area contributed by atoms with Gasteiger partial charge in [-0.2, -0.15) is 0 Å². The van der Waals surface area contributed by atoms with Crippen molar-refractivity contribution in [3.05, 3.63) is 52.0 Å². The smallest absolute Gasteiger partial charge is 0.255 e. The fraction of sp³-hybridized carbons (Fsp3) is 0.316. The lowest BCUT2D eigenvalue weighted by atomic mass is 9.98. The predicted octanol–water partition coefficient (Wildman–Crippen LogP) is 4.80. The van der Waals surface area contributed by atoms with Crippen molar-refractivity contribution in [3.63, 3.8) is 0 Å². The van der Waals surface area contributed by atoms with Gasteiger partial charge in [0.1, 0.15) is 13.2 Å². The summed E-state index contributed by atoms with van der Waals surface area (Å²) in [7, 11) is 0. The predicted molar refractivity (Wildman–Crippen MR) is 95.7 cm³/mol. The number of fused-ring (bicyclic) bond motifs is 1. The van der Waals surface area contributed by atoms with E-state index in [0.29, 0.717) is 41.2 Å². The Morgan fingerprint density at radius 2 is 1.96 bits per heavy atom. The van der Waals surface area contributed by atoms with E-state index in [2.05, 4.69) is 19.2 Å². The molecule has 2 aromatic rings. The molecule has 0 aliphatic carbocycles. The minimum Gasteiger partial charge on any atom is -0.486 e. The van der Waals surface area contributed by atoms with Crippen LogP contribution in [0.25, 0.3) is 0 Å². The van der Waals surface area contributed by atoms with Crippen molar-refractivity contribution in [2.45, 2.75) is 26.7 Å². The van der Waals surface area contributed by atoms with E-state index in [4.69, 9.17) is 21.1 Å². The molecule has 0 saturated heterocycles. The summed E-state index contributed by atoms with van der Waals surface area (Å²) >= 11 is 6.22. The van der Waals surface area contributed by atoms with Gasteiger partial charge in [0.05, 0.1) is 5.02 Å². The highest BCUT2D eigenvalue weighted by atomic mass is 35.5. The molecule has 0 radical (unpaired) electrons. The van der Waals surface area contributed by atoms with Crippen LogP contribution < -0.4 is 14.8 Å². The van der Waals surface area contributed by atoms with Crippen LogP contribution in [0, 0.1) is 6.92 Å². The molecule has 4 nitrogen and oxygen atoms in total. The van der Waals surface area contributed by atoms with Crippen LogP contribution in [0.15, 0.2) is 30.3 Å². The average molecular weight is 346 g/mol. The molecule has 1 aliphatic rings. The van der Waals surface area contributed by atoms with Crippen molar-refractivity contribution in [2.75, 3.05) is 18.5 Å². The summed E-state index contributed by atoms with van der Waals surface area (Å²) in [6.07, 6.45) is 0. The number of nitrogens with one attached hydrogen (secondary N) is 1. The minimum atomic E-state index is -0.218. The molecule has 1 amide bonds. The summed E-state index contributed by atoms with van der Waals surface area (Å²) in [6.45, 7) is 7.10. The molecule has 126 valence electrons. The number of benzene rings is 2. The minimum absolute atomic E-state index is 0.218. The van der Waals surface area contributed by atoms with E-state index in [0.717, 1.165) is 16.8 Å². The summed E-state index contributed by atoms with van der Waals surface area (Å²) in [5.41, 5.74) is 3.43. The van der Waals surface area contributed by atoms with Crippen molar-refractivity contribution in [3.8, 4) is 11.5 Å². The van der Waals surface area contributed by atoms with E-state index >= 15 is 0 Å². The monoisotopic (exact) mass is 345 g/mol. The van der Waals surface area contributed by atoms with Crippen LogP contribution in [0.4, 0.5) is 5.69 Å². The average Bonchev–Trinajstić information content (AvgIpc) is 2.56. The van der Waals surface area contributed by atoms with Crippen LogP contribution in [0.1, 0.15) is 41.3 Å². The van der Waals surface area contributed by atoms with Crippen LogP contribution >= 0.6 is 11.6 Å². The highest BCUT2D eigenvalue weighted by Gasteiger charge is 2.20.